The molecule has 0 bridgehead atoms. The van der Waals surface area contributed by atoms with Crippen molar-refractivity contribution in [2.45, 2.75) is 0 Å². The van der Waals surface area contributed by atoms with Gasteiger partial charge in [-0.05, 0) is 5.56 Å². The number of aromatic nitrogens is 4. The predicted molar refractivity (Wildman–Crippen MR) is 67.2 cm³/mol. The molecule has 6 nitrogen and oxygen atoms in total. The minimum atomic E-state index is 0.161. The average Bonchev–Trinajstić information content (AvgIpc) is 2.90. The first-order valence-corrected chi connectivity index (χ1v) is 5.39. The van der Waals surface area contributed by atoms with Crippen molar-refractivity contribution in [2.24, 2.45) is 5.10 Å². The van der Waals surface area contributed by atoms with Crippen LogP contribution in [0.4, 0.5) is 0 Å². The van der Waals surface area contributed by atoms with Crippen LogP contribution in [0, 0.1) is 5.41 Å². The van der Waals surface area contributed by atoms with Gasteiger partial charge in [-0.3, -0.25) is 5.41 Å². The molecule has 0 saturated carbocycles. The van der Waals surface area contributed by atoms with E-state index in [1.165, 1.54) is 17.3 Å². The fourth-order valence-corrected chi connectivity index (χ4v) is 1.62. The van der Waals surface area contributed by atoms with Crippen molar-refractivity contribution in [1.82, 2.24) is 19.6 Å². The summed E-state index contributed by atoms with van der Waals surface area (Å²) in [5.41, 5.74) is 2.31. The summed E-state index contributed by atoms with van der Waals surface area (Å²) in [6.07, 6.45) is 4.73. The molecule has 1 aromatic carbocycles. The van der Waals surface area contributed by atoms with E-state index in [1.54, 1.807) is 6.21 Å². The molecule has 88 valence electrons. The molecule has 0 aliphatic rings. The van der Waals surface area contributed by atoms with Gasteiger partial charge < -0.3 is 4.98 Å². The molecule has 0 unspecified atom stereocenters. The number of hydrogen-bond acceptors (Lipinski definition) is 4. The number of nitrogens with one attached hydrogen (secondary N) is 2. The van der Waals surface area contributed by atoms with Gasteiger partial charge in [0.2, 0.25) is 0 Å². The van der Waals surface area contributed by atoms with Crippen molar-refractivity contribution in [1.29, 1.82) is 5.41 Å². The van der Waals surface area contributed by atoms with Crippen LogP contribution in [0.3, 0.4) is 0 Å². The van der Waals surface area contributed by atoms with Crippen LogP contribution in [0.15, 0.2) is 48.1 Å². The first-order valence-electron chi connectivity index (χ1n) is 5.39. The zero-order chi connectivity index (χ0) is 12.4. The molecule has 0 aliphatic carbocycles. The van der Waals surface area contributed by atoms with Crippen molar-refractivity contribution in [3.05, 3.63) is 54.0 Å². The molecule has 0 saturated heterocycles. The second kappa shape index (κ2) is 4.25. The maximum atomic E-state index is 7.63. The average molecular weight is 238 g/mol. The summed E-state index contributed by atoms with van der Waals surface area (Å²) in [4.78, 5) is 10.9. The van der Waals surface area contributed by atoms with E-state index < -0.39 is 0 Å². The van der Waals surface area contributed by atoms with E-state index in [4.69, 9.17) is 5.41 Å². The molecule has 2 N–H and O–H groups in total. The fourth-order valence-electron chi connectivity index (χ4n) is 1.62. The summed E-state index contributed by atoms with van der Waals surface area (Å²) in [7, 11) is 0. The number of rotatable bonds is 2. The summed E-state index contributed by atoms with van der Waals surface area (Å²) >= 11 is 0. The van der Waals surface area contributed by atoms with Gasteiger partial charge in [-0.25, -0.2) is 14.6 Å². The number of hydrogen-bond donors (Lipinski definition) is 2. The zero-order valence-corrected chi connectivity index (χ0v) is 9.41. The molecular weight excluding hydrogens is 228 g/mol. The molecule has 2 aromatic heterocycles. The van der Waals surface area contributed by atoms with Crippen molar-refractivity contribution < 1.29 is 0 Å². The standard InChI is InChI=1S/C12H10N6/c13-11-10-12(15-7-14-10)18(8-16-11)17-6-9-4-2-1-3-5-9/h1-8,13H,(H,14,15)/b13-11?,17-6+. The number of aromatic amines is 1. The van der Waals surface area contributed by atoms with Crippen LogP contribution in [-0.2, 0) is 0 Å². The van der Waals surface area contributed by atoms with E-state index in [9.17, 15) is 0 Å². The Hall–Kier alpha value is -2.76. The van der Waals surface area contributed by atoms with Gasteiger partial charge in [-0.2, -0.15) is 5.10 Å². The number of H-pyrrole nitrogens is 1. The summed E-state index contributed by atoms with van der Waals surface area (Å²) < 4.78 is 1.54. The highest BCUT2D eigenvalue weighted by Gasteiger charge is 2.02. The molecule has 3 rings (SSSR count). The molecule has 2 heterocycles. The van der Waals surface area contributed by atoms with Gasteiger partial charge in [0.1, 0.15) is 11.8 Å². The lowest BCUT2D eigenvalue weighted by Crippen LogP contribution is -2.10. The molecule has 6 heteroatoms. The lowest BCUT2D eigenvalue weighted by atomic mass is 10.2. The molecule has 0 radical (unpaired) electrons. The van der Waals surface area contributed by atoms with E-state index in [0.717, 1.165) is 5.56 Å². The number of imidazole rings is 1. The Bertz CT molecular complexity index is 753. The second-order valence-corrected chi connectivity index (χ2v) is 3.69. The maximum Gasteiger partial charge on any atom is 0.184 e. The summed E-state index contributed by atoms with van der Waals surface area (Å²) in [5.74, 6) is 0. The highest BCUT2D eigenvalue weighted by molar-refractivity contribution is 5.80. The normalized spacial score (nSPS) is 11.3. The number of benzene rings is 1. The van der Waals surface area contributed by atoms with Crippen molar-refractivity contribution in [2.75, 3.05) is 0 Å². The highest BCUT2D eigenvalue weighted by atomic mass is 15.4. The molecule has 18 heavy (non-hydrogen) atoms. The van der Waals surface area contributed by atoms with Crippen molar-refractivity contribution in [3.63, 3.8) is 0 Å². The van der Waals surface area contributed by atoms with Crippen LogP contribution in [0.5, 0.6) is 0 Å². The van der Waals surface area contributed by atoms with Gasteiger partial charge in [0.25, 0.3) is 0 Å². The third-order valence-electron chi connectivity index (χ3n) is 2.50. The maximum absolute atomic E-state index is 7.63. The van der Waals surface area contributed by atoms with Gasteiger partial charge in [0.15, 0.2) is 11.1 Å². The smallest absolute Gasteiger partial charge is 0.184 e. The van der Waals surface area contributed by atoms with E-state index in [-0.39, 0.29) is 5.49 Å². The van der Waals surface area contributed by atoms with Crippen molar-refractivity contribution >= 4 is 17.4 Å². The SMILES string of the molecule is N=c1ncn(/N=C/c2ccccc2)c2nc[nH]c12. The van der Waals surface area contributed by atoms with Crippen LogP contribution in [-0.4, -0.2) is 25.8 Å². The molecular formula is C12H10N6. The Morgan fingerprint density at radius 3 is 2.89 bits per heavy atom. The monoisotopic (exact) mass is 238 g/mol. The van der Waals surface area contributed by atoms with Gasteiger partial charge >= 0.3 is 0 Å². The van der Waals surface area contributed by atoms with E-state index in [2.05, 4.69) is 20.1 Å². The first-order chi connectivity index (χ1) is 8.84. The van der Waals surface area contributed by atoms with Gasteiger partial charge in [0, 0.05) is 0 Å². The number of nitrogens with zero attached hydrogens (tertiary/aromatic N) is 4. The summed E-state index contributed by atoms with van der Waals surface area (Å²) in [6.45, 7) is 0. The number of fused-ring (bicyclic) bond motifs is 1. The Labute approximate surface area is 102 Å². The quantitative estimate of drug-likeness (QED) is 0.656. The summed E-state index contributed by atoms with van der Waals surface area (Å²) in [6, 6.07) is 9.76. The van der Waals surface area contributed by atoms with E-state index in [0.29, 0.717) is 11.2 Å². The van der Waals surface area contributed by atoms with Gasteiger partial charge in [-0.15, -0.1) is 0 Å². The lowest BCUT2D eigenvalue weighted by Gasteiger charge is -1.99. The minimum Gasteiger partial charge on any atom is -0.340 e. The third kappa shape index (κ3) is 1.80. The Kier molecular flexibility index (Phi) is 2.45. The largest absolute Gasteiger partial charge is 0.340 e. The van der Waals surface area contributed by atoms with Crippen LogP contribution < -0.4 is 5.49 Å². The van der Waals surface area contributed by atoms with Gasteiger partial charge in [0.05, 0.1) is 12.5 Å². The van der Waals surface area contributed by atoms with Gasteiger partial charge in [-0.1, -0.05) is 30.3 Å². The molecule has 0 fully saturated rings. The highest BCUT2D eigenvalue weighted by Crippen LogP contribution is 2.02. The van der Waals surface area contributed by atoms with Crippen LogP contribution in [0.1, 0.15) is 5.56 Å². The first kappa shape index (κ1) is 10.4. The van der Waals surface area contributed by atoms with E-state index in [1.807, 2.05) is 30.3 Å². The fraction of sp³-hybridized carbons (Fsp3) is 0. The van der Waals surface area contributed by atoms with Crippen LogP contribution >= 0.6 is 0 Å². The predicted octanol–water partition coefficient (Wildman–Crippen LogP) is 1.12. The molecule has 0 aliphatic heterocycles. The van der Waals surface area contributed by atoms with Crippen LogP contribution in [0.2, 0.25) is 0 Å². The topological polar surface area (TPSA) is 82.7 Å². The van der Waals surface area contributed by atoms with Crippen LogP contribution in [0.25, 0.3) is 11.2 Å². The Morgan fingerprint density at radius 1 is 1.22 bits per heavy atom. The molecule has 0 atom stereocenters. The lowest BCUT2D eigenvalue weighted by molar-refractivity contribution is 0.852. The molecule has 3 aromatic rings. The summed E-state index contributed by atoms with van der Waals surface area (Å²) in [5, 5.41) is 11.9. The third-order valence-corrected chi connectivity index (χ3v) is 2.50. The molecule has 0 spiro atoms. The van der Waals surface area contributed by atoms with Crippen molar-refractivity contribution in [3.8, 4) is 0 Å². The Morgan fingerprint density at radius 2 is 2.06 bits per heavy atom. The Balaban J connectivity index is 2.06. The second-order valence-electron chi connectivity index (χ2n) is 3.69. The van der Waals surface area contributed by atoms with E-state index >= 15 is 0 Å². The minimum absolute atomic E-state index is 0.161. The molecule has 0 amide bonds. The zero-order valence-electron chi connectivity index (χ0n) is 9.41.